The minimum atomic E-state index is 0.0102. The Morgan fingerprint density at radius 3 is 2.76 bits per heavy atom. The summed E-state index contributed by atoms with van der Waals surface area (Å²) in [6.07, 6.45) is 1.54. The fraction of sp³-hybridized carbons (Fsp3) is 0.0833. The number of hydrogen-bond acceptors (Lipinski definition) is 4. The lowest BCUT2D eigenvalue weighted by atomic mass is 10.2. The lowest BCUT2D eigenvalue weighted by Gasteiger charge is -2.07. The second-order valence-electron chi connectivity index (χ2n) is 3.53. The van der Waals surface area contributed by atoms with Crippen molar-refractivity contribution in [2.75, 3.05) is 0 Å². The van der Waals surface area contributed by atoms with E-state index in [1.165, 1.54) is 11.8 Å². The average molecular weight is 244 g/mol. The van der Waals surface area contributed by atoms with Gasteiger partial charge in [0.05, 0.1) is 11.8 Å². The van der Waals surface area contributed by atoms with E-state index in [2.05, 4.69) is 10.2 Å². The summed E-state index contributed by atoms with van der Waals surface area (Å²) in [4.78, 5) is 1.09. The molecule has 3 N–H and O–H groups in total. The molecule has 0 aliphatic carbocycles. The van der Waals surface area contributed by atoms with Crippen LogP contribution in [0.4, 0.5) is 0 Å². The number of nitrogen functional groups attached to an aromatic ring is 1. The van der Waals surface area contributed by atoms with E-state index in [0.717, 1.165) is 10.5 Å². The first-order chi connectivity index (χ1) is 8.18. The lowest BCUT2D eigenvalue weighted by Crippen LogP contribution is -2.13. The third-order valence-corrected chi connectivity index (χ3v) is 3.45. The minimum absolute atomic E-state index is 0.0102. The molecule has 1 aromatic heterocycles. The molecule has 0 saturated carbocycles. The minimum Gasteiger partial charge on any atom is -0.384 e. The first-order valence-corrected chi connectivity index (χ1v) is 5.89. The van der Waals surface area contributed by atoms with Crippen LogP contribution in [0.3, 0.4) is 0 Å². The SMILES string of the molecule is Cc1ccccc1Sc1nnccc1C(=N)N. The molecule has 0 unspecified atom stereocenters. The van der Waals surface area contributed by atoms with Crippen LogP contribution in [0.5, 0.6) is 0 Å². The molecule has 86 valence electrons. The number of benzene rings is 1. The Balaban J connectivity index is 2.37. The molecule has 2 aromatic rings. The van der Waals surface area contributed by atoms with E-state index < -0.39 is 0 Å². The predicted molar refractivity (Wildman–Crippen MR) is 68.4 cm³/mol. The van der Waals surface area contributed by atoms with Gasteiger partial charge in [-0.3, -0.25) is 5.41 Å². The van der Waals surface area contributed by atoms with Gasteiger partial charge in [0.15, 0.2) is 0 Å². The molecule has 0 aliphatic heterocycles. The topological polar surface area (TPSA) is 75.7 Å². The van der Waals surface area contributed by atoms with Crippen LogP contribution in [0.25, 0.3) is 0 Å². The number of nitrogens with one attached hydrogen (secondary N) is 1. The summed E-state index contributed by atoms with van der Waals surface area (Å²) in [5, 5.41) is 16.0. The monoisotopic (exact) mass is 244 g/mol. The maximum Gasteiger partial charge on any atom is 0.134 e. The van der Waals surface area contributed by atoms with Gasteiger partial charge in [0.1, 0.15) is 10.9 Å². The smallest absolute Gasteiger partial charge is 0.134 e. The van der Waals surface area contributed by atoms with Crippen molar-refractivity contribution in [2.45, 2.75) is 16.8 Å². The Hall–Kier alpha value is -1.88. The summed E-state index contributed by atoms with van der Waals surface area (Å²) >= 11 is 1.47. The molecule has 17 heavy (non-hydrogen) atoms. The van der Waals surface area contributed by atoms with Gasteiger partial charge >= 0.3 is 0 Å². The van der Waals surface area contributed by atoms with Crippen molar-refractivity contribution in [1.82, 2.24) is 10.2 Å². The summed E-state index contributed by atoms with van der Waals surface area (Å²) in [6, 6.07) is 9.71. The Bertz CT molecular complexity index is 554. The Kier molecular flexibility index (Phi) is 3.39. The van der Waals surface area contributed by atoms with Gasteiger partial charge < -0.3 is 5.73 Å². The van der Waals surface area contributed by atoms with E-state index >= 15 is 0 Å². The molecular weight excluding hydrogens is 232 g/mol. The van der Waals surface area contributed by atoms with Crippen molar-refractivity contribution < 1.29 is 0 Å². The molecule has 0 radical (unpaired) electrons. The van der Waals surface area contributed by atoms with E-state index in [0.29, 0.717) is 10.6 Å². The van der Waals surface area contributed by atoms with Crippen molar-refractivity contribution in [3.63, 3.8) is 0 Å². The number of aryl methyl sites for hydroxylation is 1. The Morgan fingerprint density at radius 2 is 2.06 bits per heavy atom. The number of nitrogens with zero attached hydrogens (tertiary/aromatic N) is 2. The van der Waals surface area contributed by atoms with E-state index in [1.807, 2.05) is 31.2 Å². The molecule has 0 atom stereocenters. The van der Waals surface area contributed by atoms with E-state index in [4.69, 9.17) is 11.1 Å². The molecule has 1 aromatic carbocycles. The van der Waals surface area contributed by atoms with Crippen molar-refractivity contribution in [2.24, 2.45) is 5.73 Å². The van der Waals surface area contributed by atoms with Gasteiger partial charge in [0.2, 0.25) is 0 Å². The van der Waals surface area contributed by atoms with E-state index in [-0.39, 0.29) is 5.84 Å². The fourth-order valence-electron chi connectivity index (χ4n) is 1.37. The molecule has 0 saturated heterocycles. The van der Waals surface area contributed by atoms with Gasteiger partial charge in [-0.15, -0.1) is 5.10 Å². The molecule has 0 aliphatic rings. The van der Waals surface area contributed by atoms with Crippen molar-refractivity contribution >= 4 is 17.6 Å². The van der Waals surface area contributed by atoms with Crippen molar-refractivity contribution in [3.05, 3.63) is 47.7 Å². The number of hydrogen-bond donors (Lipinski definition) is 2. The van der Waals surface area contributed by atoms with Gasteiger partial charge in [0.25, 0.3) is 0 Å². The lowest BCUT2D eigenvalue weighted by molar-refractivity contribution is 0.920. The largest absolute Gasteiger partial charge is 0.384 e. The summed E-state index contributed by atoms with van der Waals surface area (Å²) in [6.45, 7) is 2.03. The Morgan fingerprint density at radius 1 is 1.29 bits per heavy atom. The molecule has 1 heterocycles. The van der Waals surface area contributed by atoms with Gasteiger partial charge in [-0.25, -0.2) is 0 Å². The zero-order valence-corrected chi connectivity index (χ0v) is 10.2. The quantitative estimate of drug-likeness (QED) is 0.641. The van der Waals surface area contributed by atoms with Crippen LogP contribution in [0.15, 0.2) is 46.5 Å². The highest BCUT2D eigenvalue weighted by Gasteiger charge is 2.09. The second-order valence-corrected chi connectivity index (χ2v) is 4.56. The summed E-state index contributed by atoms with van der Waals surface area (Å²) < 4.78 is 0. The van der Waals surface area contributed by atoms with Crippen LogP contribution < -0.4 is 5.73 Å². The summed E-state index contributed by atoms with van der Waals surface area (Å²) in [5.74, 6) is 0.0102. The second kappa shape index (κ2) is 4.97. The van der Waals surface area contributed by atoms with Crippen LogP contribution >= 0.6 is 11.8 Å². The van der Waals surface area contributed by atoms with Gasteiger partial charge in [-0.05, 0) is 24.6 Å². The number of aromatic nitrogens is 2. The number of rotatable bonds is 3. The molecule has 0 bridgehead atoms. The van der Waals surface area contributed by atoms with E-state index in [1.54, 1.807) is 12.3 Å². The van der Waals surface area contributed by atoms with Crippen LogP contribution in [-0.2, 0) is 0 Å². The highest BCUT2D eigenvalue weighted by molar-refractivity contribution is 7.99. The molecular formula is C12H12N4S. The normalized spacial score (nSPS) is 10.2. The first-order valence-electron chi connectivity index (χ1n) is 5.08. The zero-order chi connectivity index (χ0) is 12.3. The van der Waals surface area contributed by atoms with E-state index in [9.17, 15) is 0 Å². The maximum atomic E-state index is 7.49. The highest BCUT2D eigenvalue weighted by Crippen LogP contribution is 2.30. The maximum absolute atomic E-state index is 7.49. The fourth-order valence-corrected chi connectivity index (χ4v) is 2.33. The van der Waals surface area contributed by atoms with Crippen molar-refractivity contribution in [1.29, 1.82) is 5.41 Å². The standard InChI is InChI=1S/C12H12N4S/c1-8-4-2-3-5-10(8)17-12-9(11(13)14)6-7-15-16-12/h2-7H,1H3,(H3,13,14). The van der Waals surface area contributed by atoms with Gasteiger partial charge in [-0.2, -0.15) is 5.10 Å². The number of nitrogens with two attached hydrogens (primary N) is 1. The Labute approximate surface area is 104 Å². The van der Waals surface area contributed by atoms with Crippen LogP contribution in [0, 0.1) is 12.3 Å². The molecule has 4 nitrogen and oxygen atoms in total. The molecule has 5 heteroatoms. The van der Waals surface area contributed by atoms with Crippen molar-refractivity contribution in [3.8, 4) is 0 Å². The highest BCUT2D eigenvalue weighted by atomic mass is 32.2. The van der Waals surface area contributed by atoms with Gasteiger partial charge in [-0.1, -0.05) is 30.0 Å². The predicted octanol–water partition coefficient (Wildman–Crippen LogP) is 2.22. The third-order valence-electron chi connectivity index (χ3n) is 2.28. The zero-order valence-electron chi connectivity index (χ0n) is 9.34. The molecule has 2 rings (SSSR count). The average Bonchev–Trinajstić information content (AvgIpc) is 2.32. The van der Waals surface area contributed by atoms with Crippen LogP contribution in [-0.4, -0.2) is 16.0 Å². The number of amidine groups is 1. The molecule has 0 fully saturated rings. The summed E-state index contributed by atoms with van der Waals surface area (Å²) in [5.41, 5.74) is 7.29. The molecule has 0 spiro atoms. The first kappa shape index (κ1) is 11.6. The van der Waals surface area contributed by atoms with Gasteiger partial charge in [0, 0.05) is 4.90 Å². The summed E-state index contributed by atoms with van der Waals surface area (Å²) in [7, 11) is 0. The van der Waals surface area contributed by atoms with Crippen LogP contribution in [0.1, 0.15) is 11.1 Å². The van der Waals surface area contributed by atoms with Crippen LogP contribution in [0.2, 0.25) is 0 Å². The molecule has 0 amide bonds. The third kappa shape index (κ3) is 2.62.